The molecule has 1 aliphatic heterocycles. The molecule has 35 heavy (non-hydrogen) atoms. The summed E-state index contributed by atoms with van der Waals surface area (Å²) in [7, 11) is 0. The number of hydrogen-bond acceptors (Lipinski definition) is 5. The van der Waals surface area contributed by atoms with Crippen LogP contribution in [0.3, 0.4) is 0 Å². The third-order valence-corrected chi connectivity index (χ3v) is 6.90. The standard InChI is InChI=1S/C27H32N2O6/c30-24(29-16-8-14-27(34,18-29)25(31)32)13-2-1-7-15-28-26(33)35-17-23-21-11-5-3-9-19(21)20-10-4-6-12-22(20)23/h3-6,9-12,23,34H,1-2,7-8,13-18H2,(H,28,33)(H,31,32). The smallest absolute Gasteiger partial charge is 0.407 e. The molecule has 2 aliphatic rings. The maximum atomic E-state index is 12.4. The number of nitrogens with one attached hydrogen (secondary N) is 1. The van der Waals surface area contributed by atoms with Gasteiger partial charge in [-0.2, -0.15) is 0 Å². The number of rotatable bonds is 9. The molecule has 8 heteroatoms. The molecular formula is C27H32N2O6. The first kappa shape index (κ1) is 24.7. The van der Waals surface area contributed by atoms with Crippen molar-refractivity contribution in [2.24, 2.45) is 0 Å². The average molecular weight is 481 g/mol. The zero-order chi connectivity index (χ0) is 24.8. The Morgan fingerprint density at radius 2 is 1.66 bits per heavy atom. The highest BCUT2D eigenvalue weighted by atomic mass is 16.5. The third kappa shape index (κ3) is 5.65. The first-order chi connectivity index (χ1) is 16.9. The average Bonchev–Trinajstić information content (AvgIpc) is 3.18. The van der Waals surface area contributed by atoms with E-state index in [1.54, 1.807) is 0 Å². The SMILES string of the molecule is O=C(NCCCCCC(=O)N1CCCC(O)(C(=O)O)C1)OCC1c2ccccc2-c2ccccc21. The molecule has 2 amide bonds. The predicted octanol–water partition coefficient (Wildman–Crippen LogP) is 3.52. The zero-order valence-electron chi connectivity index (χ0n) is 19.7. The van der Waals surface area contributed by atoms with E-state index < -0.39 is 17.7 Å². The number of nitrogens with zero attached hydrogens (tertiary/aromatic N) is 1. The highest BCUT2D eigenvalue weighted by Gasteiger charge is 2.41. The highest BCUT2D eigenvalue weighted by Crippen LogP contribution is 2.44. The summed E-state index contributed by atoms with van der Waals surface area (Å²) in [5.74, 6) is -1.41. The fraction of sp³-hybridized carbons (Fsp3) is 0.444. The van der Waals surface area contributed by atoms with Crippen molar-refractivity contribution in [3.63, 3.8) is 0 Å². The van der Waals surface area contributed by atoms with Crippen LogP contribution in [0.5, 0.6) is 0 Å². The molecule has 1 fully saturated rings. The summed E-state index contributed by atoms with van der Waals surface area (Å²) >= 11 is 0. The van der Waals surface area contributed by atoms with E-state index >= 15 is 0 Å². The molecule has 1 saturated heterocycles. The lowest BCUT2D eigenvalue weighted by Crippen LogP contribution is -2.54. The molecule has 8 nitrogen and oxygen atoms in total. The molecule has 0 aromatic heterocycles. The van der Waals surface area contributed by atoms with Crippen LogP contribution >= 0.6 is 0 Å². The molecule has 0 radical (unpaired) electrons. The van der Waals surface area contributed by atoms with E-state index in [4.69, 9.17) is 9.84 Å². The second-order valence-corrected chi connectivity index (χ2v) is 9.32. The van der Waals surface area contributed by atoms with Crippen LogP contribution < -0.4 is 5.32 Å². The van der Waals surface area contributed by atoms with Gasteiger partial charge in [0.2, 0.25) is 5.91 Å². The number of alkyl carbamates (subject to hydrolysis) is 1. The lowest BCUT2D eigenvalue weighted by Gasteiger charge is -2.36. The van der Waals surface area contributed by atoms with Crippen molar-refractivity contribution in [2.75, 3.05) is 26.2 Å². The number of hydrogen-bond donors (Lipinski definition) is 3. The Morgan fingerprint density at radius 3 is 2.31 bits per heavy atom. The number of benzene rings is 2. The van der Waals surface area contributed by atoms with Gasteiger partial charge in [0.05, 0.1) is 6.54 Å². The van der Waals surface area contributed by atoms with Gasteiger partial charge in [0.25, 0.3) is 0 Å². The number of carbonyl (C=O) groups is 3. The Labute approximate surface area is 204 Å². The molecule has 1 unspecified atom stereocenters. The Morgan fingerprint density at radius 1 is 1.00 bits per heavy atom. The molecule has 1 heterocycles. The van der Waals surface area contributed by atoms with Gasteiger partial charge in [0, 0.05) is 25.4 Å². The number of fused-ring (bicyclic) bond motifs is 3. The molecule has 1 aliphatic carbocycles. The maximum Gasteiger partial charge on any atom is 0.407 e. The number of aliphatic carboxylic acids is 1. The molecule has 3 N–H and O–H groups in total. The number of carboxylic acid groups (broad SMARTS) is 1. The Kier molecular flexibility index (Phi) is 7.70. The van der Waals surface area contributed by atoms with Gasteiger partial charge in [-0.1, -0.05) is 55.0 Å². The number of likely N-dealkylation sites (tertiary alicyclic amines) is 1. The second kappa shape index (κ2) is 10.9. The number of β-amino-alcohol motifs (C(OH)–C–C–N with tert-alkyl or cyclic N) is 1. The van der Waals surface area contributed by atoms with E-state index in [1.807, 2.05) is 24.3 Å². The van der Waals surface area contributed by atoms with E-state index in [1.165, 1.54) is 27.2 Å². The summed E-state index contributed by atoms with van der Waals surface area (Å²) < 4.78 is 5.52. The van der Waals surface area contributed by atoms with Crippen LogP contribution in [0.4, 0.5) is 4.79 Å². The summed E-state index contributed by atoms with van der Waals surface area (Å²) in [6.07, 6.45) is 2.55. The number of carboxylic acids is 1. The summed E-state index contributed by atoms with van der Waals surface area (Å²) in [4.78, 5) is 37.3. The number of ether oxygens (including phenoxy) is 1. The van der Waals surface area contributed by atoms with Crippen molar-refractivity contribution >= 4 is 18.0 Å². The van der Waals surface area contributed by atoms with E-state index in [0.29, 0.717) is 38.8 Å². The second-order valence-electron chi connectivity index (χ2n) is 9.32. The molecule has 0 saturated carbocycles. The van der Waals surface area contributed by atoms with Crippen molar-refractivity contribution in [3.05, 3.63) is 59.7 Å². The fourth-order valence-corrected chi connectivity index (χ4v) is 5.00. The van der Waals surface area contributed by atoms with Crippen molar-refractivity contribution < 1.29 is 29.3 Å². The number of unbranched alkanes of at least 4 members (excludes halogenated alkanes) is 2. The fourth-order valence-electron chi connectivity index (χ4n) is 5.00. The van der Waals surface area contributed by atoms with Gasteiger partial charge in [0.15, 0.2) is 5.60 Å². The van der Waals surface area contributed by atoms with Gasteiger partial charge in [-0.05, 0) is 47.9 Å². The van der Waals surface area contributed by atoms with Crippen LogP contribution in [-0.2, 0) is 14.3 Å². The largest absolute Gasteiger partial charge is 0.479 e. The minimum Gasteiger partial charge on any atom is -0.479 e. The van der Waals surface area contributed by atoms with Crippen molar-refractivity contribution in [2.45, 2.75) is 50.0 Å². The third-order valence-electron chi connectivity index (χ3n) is 6.90. The Bertz CT molecular complexity index is 1040. The van der Waals surface area contributed by atoms with Crippen molar-refractivity contribution in [1.82, 2.24) is 10.2 Å². The van der Waals surface area contributed by atoms with Gasteiger partial charge < -0.3 is 25.2 Å². The summed E-state index contributed by atoms with van der Waals surface area (Å²) in [5.41, 5.74) is 2.86. The predicted molar refractivity (Wildman–Crippen MR) is 130 cm³/mol. The molecule has 2 aromatic rings. The van der Waals surface area contributed by atoms with Crippen LogP contribution in [0.25, 0.3) is 11.1 Å². The van der Waals surface area contributed by atoms with Gasteiger partial charge >= 0.3 is 12.1 Å². The minimum atomic E-state index is -1.85. The molecule has 186 valence electrons. The monoisotopic (exact) mass is 480 g/mol. The number of amides is 2. The van der Waals surface area contributed by atoms with Crippen LogP contribution in [0.2, 0.25) is 0 Å². The number of aliphatic hydroxyl groups is 1. The summed E-state index contributed by atoms with van der Waals surface area (Å²) in [6.45, 7) is 1.03. The first-order valence-corrected chi connectivity index (χ1v) is 12.2. The van der Waals surface area contributed by atoms with E-state index in [9.17, 15) is 19.5 Å². The lowest BCUT2D eigenvalue weighted by molar-refractivity contribution is -0.166. The zero-order valence-corrected chi connectivity index (χ0v) is 19.7. The normalized spacial score (nSPS) is 19.1. The lowest BCUT2D eigenvalue weighted by atomic mass is 9.93. The molecule has 0 spiro atoms. The molecule has 1 atom stereocenters. The van der Waals surface area contributed by atoms with Crippen molar-refractivity contribution in [1.29, 1.82) is 0 Å². The molecule has 2 aromatic carbocycles. The van der Waals surface area contributed by atoms with Gasteiger partial charge in [-0.3, -0.25) is 4.79 Å². The van der Waals surface area contributed by atoms with Gasteiger partial charge in [-0.15, -0.1) is 0 Å². The number of carbonyl (C=O) groups excluding carboxylic acids is 2. The summed E-state index contributed by atoms with van der Waals surface area (Å²) in [6, 6.07) is 16.4. The highest BCUT2D eigenvalue weighted by molar-refractivity contribution is 5.81. The van der Waals surface area contributed by atoms with Gasteiger partial charge in [0.1, 0.15) is 6.61 Å². The number of piperidine rings is 1. The van der Waals surface area contributed by atoms with Crippen LogP contribution in [-0.4, -0.2) is 64.9 Å². The van der Waals surface area contributed by atoms with E-state index in [-0.39, 0.29) is 31.4 Å². The van der Waals surface area contributed by atoms with Crippen LogP contribution in [0.1, 0.15) is 55.6 Å². The Balaban J connectivity index is 1.14. The Hall–Kier alpha value is -3.39. The molecule has 4 rings (SSSR count). The van der Waals surface area contributed by atoms with Crippen LogP contribution in [0, 0.1) is 0 Å². The molecular weight excluding hydrogens is 448 g/mol. The van der Waals surface area contributed by atoms with Crippen molar-refractivity contribution in [3.8, 4) is 11.1 Å². The maximum absolute atomic E-state index is 12.4. The first-order valence-electron chi connectivity index (χ1n) is 12.2. The molecule has 0 bridgehead atoms. The minimum absolute atomic E-state index is 0.0210. The van der Waals surface area contributed by atoms with E-state index in [2.05, 4.69) is 29.6 Å². The summed E-state index contributed by atoms with van der Waals surface area (Å²) in [5, 5.41) is 22.1. The van der Waals surface area contributed by atoms with Gasteiger partial charge in [-0.25, -0.2) is 9.59 Å². The van der Waals surface area contributed by atoms with E-state index in [0.717, 1.165) is 6.42 Å². The quantitative estimate of drug-likeness (QED) is 0.473. The topological polar surface area (TPSA) is 116 Å². The van der Waals surface area contributed by atoms with Crippen LogP contribution in [0.15, 0.2) is 48.5 Å².